The van der Waals surface area contributed by atoms with E-state index < -0.39 is 0 Å². The van der Waals surface area contributed by atoms with Gasteiger partial charge < -0.3 is 14.0 Å². The van der Waals surface area contributed by atoms with Crippen LogP contribution in [0, 0.1) is 6.92 Å². The molecule has 0 aromatic carbocycles. The Morgan fingerprint density at radius 1 is 1.43 bits per heavy atom. The first-order valence-corrected chi connectivity index (χ1v) is 7.89. The van der Waals surface area contributed by atoms with Crippen molar-refractivity contribution in [3.8, 4) is 0 Å². The molecular weight excluding hydrogens is 316 g/mol. The minimum atomic E-state index is -0.210. The van der Waals surface area contributed by atoms with Crippen LogP contribution in [0.15, 0.2) is 12.3 Å². The summed E-state index contributed by atoms with van der Waals surface area (Å²) in [5.41, 5.74) is 1.01. The van der Waals surface area contributed by atoms with Gasteiger partial charge in [0.15, 0.2) is 0 Å². The summed E-state index contributed by atoms with van der Waals surface area (Å²) in [5, 5.41) is 8.94. The van der Waals surface area contributed by atoms with Crippen molar-refractivity contribution in [3.05, 3.63) is 34.6 Å². The highest BCUT2D eigenvalue weighted by Crippen LogP contribution is 2.19. The number of likely N-dealkylation sites (N-methyl/N-ethyl adjacent to an activating group) is 2. The van der Waals surface area contributed by atoms with Crippen LogP contribution in [-0.2, 0) is 31.5 Å². The molecule has 0 N–H and O–H groups in total. The smallest absolute Gasteiger partial charge is 0.241 e. The van der Waals surface area contributed by atoms with Crippen molar-refractivity contribution in [3.63, 3.8) is 0 Å². The summed E-state index contributed by atoms with van der Waals surface area (Å²) < 4.78 is 3.97. The van der Waals surface area contributed by atoms with Gasteiger partial charge in [-0.05, 0) is 20.0 Å². The molecule has 7 nitrogen and oxygen atoms in total. The fraction of sp³-hybridized carbons (Fsp3) is 0.533. The zero-order chi connectivity index (χ0) is 16.7. The molecule has 3 heterocycles. The van der Waals surface area contributed by atoms with E-state index in [1.54, 1.807) is 4.90 Å². The number of nitrogens with zero attached hydrogens (tertiary/aromatic N) is 6. The Labute approximate surface area is 140 Å². The van der Waals surface area contributed by atoms with E-state index in [2.05, 4.69) is 10.2 Å². The zero-order valence-electron chi connectivity index (χ0n) is 13.8. The Bertz CT molecular complexity index is 736. The van der Waals surface area contributed by atoms with Gasteiger partial charge in [0.1, 0.15) is 17.7 Å². The number of rotatable bonds is 3. The summed E-state index contributed by atoms with van der Waals surface area (Å²) in [6, 6.07) is 1.68. The Balaban J connectivity index is 1.74. The lowest BCUT2D eigenvalue weighted by Gasteiger charge is -2.34. The van der Waals surface area contributed by atoms with Crippen LogP contribution < -0.4 is 0 Å². The van der Waals surface area contributed by atoms with Crippen LogP contribution in [0.2, 0.25) is 5.02 Å². The summed E-state index contributed by atoms with van der Waals surface area (Å²) in [7, 11) is 5.70. The molecule has 1 aliphatic rings. The number of aromatic nitrogens is 4. The normalized spacial score (nSPS) is 18.0. The second-order valence-electron chi connectivity index (χ2n) is 6.16. The Kier molecular flexibility index (Phi) is 4.16. The largest absolute Gasteiger partial charge is 0.351 e. The average Bonchev–Trinajstić information content (AvgIpc) is 3.00. The van der Waals surface area contributed by atoms with E-state index in [4.69, 9.17) is 11.6 Å². The van der Waals surface area contributed by atoms with Crippen molar-refractivity contribution in [1.82, 2.24) is 29.1 Å². The topological polar surface area (TPSA) is 59.2 Å². The van der Waals surface area contributed by atoms with Crippen molar-refractivity contribution in [1.29, 1.82) is 0 Å². The summed E-state index contributed by atoms with van der Waals surface area (Å²) in [6.45, 7) is 3.66. The maximum atomic E-state index is 12.9. The summed E-state index contributed by atoms with van der Waals surface area (Å²) >= 11 is 6.01. The molecule has 2 aromatic heterocycles. The van der Waals surface area contributed by atoms with Gasteiger partial charge in [0.25, 0.3) is 0 Å². The van der Waals surface area contributed by atoms with Gasteiger partial charge in [-0.2, -0.15) is 0 Å². The maximum Gasteiger partial charge on any atom is 0.241 e. The van der Waals surface area contributed by atoms with E-state index in [1.807, 2.05) is 54.4 Å². The quantitative estimate of drug-likeness (QED) is 0.840. The van der Waals surface area contributed by atoms with Gasteiger partial charge in [0, 0.05) is 26.0 Å². The van der Waals surface area contributed by atoms with E-state index in [0.29, 0.717) is 24.7 Å². The third kappa shape index (κ3) is 2.98. The lowest BCUT2D eigenvalue weighted by molar-refractivity contribution is -0.137. The SMILES string of the molecule is Cc1nnc2n1CC(C(=O)N(C)Cc1cc(Cl)cn1C)N(C)C2. The number of hydrogen-bond acceptors (Lipinski definition) is 4. The monoisotopic (exact) mass is 336 g/mol. The Morgan fingerprint density at radius 2 is 2.17 bits per heavy atom. The number of hydrogen-bond donors (Lipinski definition) is 0. The predicted octanol–water partition coefficient (Wildman–Crippen LogP) is 1.05. The van der Waals surface area contributed by atoms with Gasteiger partial charge in [0.2, 0.25) is 5.91 Å². The molecule has 124 valence electrons. The van der Waals surface area contributed by atoms with E-state index in [-0.39, 0.29) is 11.9 Å². The number of fused-ring (bicyclic) bond motifs is 1. The first-order valence-electron chi connectivity index (χ1n) is 7.51. The Morgan fingerprint density at radius 3 is 2.83 bits per heavy atom. The van der Waals surface area contributed by atoms with Crippen LogP contribution in [0.25, 0.3) is 0 Å². The number of halogens is 1. The van der Waals surface area contributed by atoms with Gasteiger partial charge in [-0.25, -0.2) is 0 Å². The highest BCUT2D eigenvalue weighted by atomic mass is 35.5. The molecule has 23 heavy (non-hydrogen) atoms. The molecule has 1 amide bonds. The lowest BCUT2D eigenvalue weighted by atomic mass is 10.1. The van der Waals surface area contributed by atoms with Gasteiger partial charge in [-0.15, -0.1) is 10.2 Å². The van der Waals surface area contributed by atoms with E-state index >= 15 is 0 Å². The molecule has 8 heteroatoms. The fourth-order valence-corrected chi connectivity index (χ4v) is 3.26. The molecule has 1 aliphatic heterocycles. The first kappa shape index (κ1) is 16.0. The number of carbonyl (C=O) groups excluding carboxylic acids is 1. The van der Waals surface area contributed by atoms with Crippen LogP contribution in [0.5, 0.6) is 0 Å². The van der Waals surface area contributed by atoms with E-state index in [9.17, 15) is 4.79 Å². The van der Waals surface area contributed by atoms with Crippen molar-refractivity contribution in [2.24, 2.45) is 7.05 Å². The molecule has 0 saturated heterocycles. The van der Waals surface area contributed by atoms with E-state index in [0.717, 1.165) is 17.3 Å². The third-order valence-corrected chi connectivity index (χ3v) is 4.63. The molecule has 2 aromatic rings. The standard InChI is InChI=1S/C15H21ClN6O/c1-10-17-18-14-9-20(3)13(8-22(10)14)15(23)21(4)7-12-5-11(16)6-19(12)2/h5-6,13H,7-9H2,1-4H3. The molecule has 0 fully saturated rings. The Hall–Kier alpha value is -1.86. The summed E-state index contributed by atoms with van der Waals surface area (Å²) in [5.74, 6) is 1.84. The third-order valence-electron chi connectivity index (χ3n) is 4.43. The minimum Gasteiger partial charge on any atom is -0.351 e. The fourth-order valence-electron chi connectivity index (χ4n) is 2.99. The zero-order valence-corrected chi connectivity index (χ0v) is 14.6. The summed E-state index contributed by atoms with van der Waals surface area (Å²) in [4.78, 5) is 16.6. The van der Waals surface area contributed by atoms with Crippen LogP contribution in [0.4, 0.5) is 0 Å². The van der Waals surface area contributed by atoms with Crippen LogP contribution in [-0.4, -0.2) is 55.2 Å². The number of amides is 1. The second-order valence-corrected chi connectivity index (χ2v) is 6.60. The molecule has 0 saturated carbocycles. The molecule has 0 spiro atoms. The van der Waals surface area contributed by atoms with Gasteiger partial charge in [0.05, 0.1) is 24.7 Å². The van der Waals surface area contributed by atoms with Crippen molar-refractivity contribution < 1.29 is 4.79 Å². The van der Waals surface area contributed by atoms with Crippen molar-refractivity contribution in [2.75, 3.05) is 14.1 Å². The molecule has 1 atom stereocenters. The van der Waals surface area contributed by atoms with E-state index in [1.165, 1.54) is 0 Å². The molecule has 0 bridgehead atoms. The van der Waals surface area contributed by atoms with Crippen molar-refractivity contribution >= 4 is 17.5 Å². The molecule has 3 rings (SSSR count). The van der Waals surface area contributed by atoms with Crippen molar-refractivity contribution in [2.45, 2.75) is 32.6 Å². The predicted molar refractivity (Wildman–Crippen MR) is 86.9 cm³/mol. The van der Waals surface area contributed by atoms with Gasteiger partial charge >= 0.3 is 0 Å². The first-order chi connectivity index (χ1) is 10.9. The molecular formula is C15H21ClN6O. The average molecular weight is 337 g/mol. The molecule has 1 unspecified atom stereocenters. The molecule has 0 aliphatic carbocycles. The lowest BCUT2D eigenvalue weighted by Crippen LogP contribution is -2.50. The highest BCUT2D eigenvalue weighted by molar-refractivity contribution is 6.30. The second kappa shape index (κ2) is 5.98. The minimum absolute atomic E-state index is 0.0866. The summed E-state index contributed by atoms with van der Waals surface area (Å²) in [6.07, 6.45) is 1.84. The number of carbonyl (C=O) groups is 1. The van der Waals surface area contributed by atoms with Crippen LogP contribution >= 0.6 is 11.6 Å². The maximum absolute atomic E-state index is 12.9. The van der Waals surface area contributed by atoms with Gasteiger partial charge in [-0.3, -0.25) is 9.69 Å². The van der Waals surface area contributed by atoms with Crippen LogP contribution in [0.3, 0.4) is 0 Å². The van der Waals surface area contributed by atoms with Gasteiger partial charge in [-0.1, -0.05) is 11.6 Å². The highest BCUT2D eigenvalue weighted by Gasteiger charge is 2.33. The number of aryl methyl sites for hydroxylation is 2. The van der Waals surface area contributed by atoms with Crippen LogP contribution in [0.1, 0.15) is 17.3 Å². The molecule has 0 radical (unpaired) electrons.